The summed E-state index contributed by atoms with van der Waals surface area (Å²) in [6.07, 6.45) is 5.33. The number of carbonyl (C=O) groups is 2. The maximum atomic E-state index is 14.5. The molecule has 1 aromatic carbocycles. The molecule has 3 rings (SSSR count). The fourth-order valence-corrected chi connectivity index (χ4v) is 4.93. The molecule has 2 heterocycles. The molecule has 0 aliphatic heterocycles. The Kier molecular flexibility index (Phi) is 12.0. The quantitative estimate of drug-likeness (QED) is 0.127. The van der Waals surface area contributed by atoms with Crippen LogP contribution in [0.3, 0.4) is 0 Å². The number of carbonyl (C=O) groups excluding carboxylic acids is 2. The van der Waals surface area contributed by atoms with Crippen molar-refractivity contribution in [3.63, 3.8) is 0 Å². The Morgan fingerprint density at radius 2 is 1.55 bits per heavy atom. The first kappa shape index (κ1) is 32.7. The molecule has 0 aliphatic rings. The van der Waals surface area contributed by atoms with Crippen LogP contribution in [0, 0.1) is 5.92 Å². The third-order valence-electron chi connectivity index (χ3n) is 7.17. The predicted molar refractivity (Wildman–Crippen MR) is 148 cm³/mol. The van der Waals surface area contributed by atoms with Crippen LogP contribution in [-0.4, -0.2) is 38.4 Å². The normalized spacial score (nSPS) is 15.0. The van der Waals surface area contributed by atoms with E-state index < -0.39 is 41.3 Å². The number of hydrogen-bond donors (Lipinski definition) is 0. The smallest absolute Gasteiger partial charge is 0.432 e. The number of rotatable bonds is 16. The highest BCUT2D eigenvalue weighted by Crippen LogP contribution is 2.43. The van der Waals surface area contributed by atoms with E-state index in [9.17, 15) is 22.8 Å². The van der Waals surface area contributed by atoms with Gasteiger partial charge in [-0.15, -0.1) is 0 Å². The van der Waals surface area contributed by atoms with Crippen LogP contribution in [0.5, 0.6) is 0 Å². The second kappa shape index (κ2) is 15.4. The minimum absolute atomic E-state index is 0.0602. The van der Waals surface area contributed by atoms with Crippen LogP contribution in [0.25, 0.3) is 0 Å². The van der Waals surface area contributed by atoms with E-state index in [1.807, 2.05) is 19.1 Å². The van der Waals surface area contributed by atoms with Crippen molar-refractivity contribution < 1.29 is 45.8 Å². The molecule has 228 valence electrons. The van der Waals surface area contributed by atoms with E-state index in [-0.39, 0.29) is 6.42 Å². The number of ether oxygens (including phenoxy) is 3. The molecule has 3 aromatic rings. The van der Waals surface area contributed by atoms with Gasteiger partial charge >= 0.3 is 18.1 Å². The van der Waals surface area contributed by atoms with E-state index in [0.29, 0.717) is 25.7 Å². The Labute approximate surface area is 243 Å². The van der Waals surface area contributed by atoms with E-state index in [2.05, 4.69) is 0 Å². The van der Waals surface area contributed by atoms with E-state index in [1.165, 1.54) is 25.3 Å². The number of esters is 2. The van der Waals surface area contributed by atoms with Gasteiger partial charge in [-0.2, -0.15) is 13.2 Å². The molecular weight excluding hydrogens is 553 g/mol. The Balaban J connectivity index is 1.86. The van der Waals surface area contributed by atoms with Gasteiger partial charge in [0.1, 0.15) is 6.10 Å². The number of methoxy groups -OCH3 is 2. The SMILES string of the molecule is COC(=O)[C@H](CCCc1ccoc1)C[C@H](/C=C(\C)CCCc1ccoc1)OC(=O)[C@@](OC)(c1ccccc1)C(F)(F)F. The lowest BCUT2D eigenvalue weighted by molar-refractivity contribution is -0.277. The number of aryl methyl sites for hydroxylation is 2. The standard InChI is InChI=1S/C32H37F3O7/c1-23(9-7-10-24-15-17-40-21-24)19-28(20-26(29(36)38-2)12-8-11-25-16-18-41-22-25)42-30(37)31(39-3,32(33,34)35)27-13-5-4-6-14-27/h4-6,13-19,21-22,26,28H,7-12,20H2,1-3H3/b23-19+/t26-,28+,31+/m1/s1. The van der Waals surface area contributed by atoms with Gasteiger partial charge < -0.3 is 23.0 Å². The van der Waals surface area contributed by atoms with E-state index in [1.54, 1.807) is 31.1 Å². The largest absolute Gasteiger partial charge is 0.472 e. The number of allylic oxidation sites excluding steroid dienone is 1. The van der Waals surface area contributed by atoms with Crippen molar-refractivity contribution >= 4 is 11.9 Å². The van der Waals surface area contributed by atoms with Crippen molar-refractivity contribution in [1.82, 2.24) is 0 Å². The van der Waals surface area contributed by atoms with Crippen LogP contribution in [0.2, 0.25) is 0 Å². The molecule has 7 nitrogen and oxygen atoms in total. The maximum absolute atomic E-state index is 14.5. The highest BCUT2D eigenvalue weighted by atomic mass is 19.4. The lowest BCUT2D eigenvalue weighted by Crippen LogP contribution is -2.52. The van der Waals surface area contributed by atoms with Crippen molar-refractivity contribution in [1.29, 1.82) is 0 Å². The number of hydrogen-bond acceptors (Lipinski definition) is 7. The molecule has 0 spiro atoms. The first-order chi connectivity index (χ1) is 20.1. The van der Waals surface area contributed by atoms with Crippen molar-refractivity contribution in [3.05, 3.63) is 95.9 Å². The summed E-state index contributed by atoms with van der Waals surface area (Å²) in [5.74, 6) is -2.88. The molecule has 0 unspecified atom stereocenters. The molecule has 0 radical (unpaired) electrons. The molecule has 0 amide bonds. The highest BCUT2D eigenvalue weighted by molar-refractivity contribution is 5.83. The van der Waals surface area contributed by atoms with Gasteiger partial charge in [0.25, 0.3) is 5.60 Å². The zero-order valence-electron chi connectivity index (χ0n) is 24.0. The summed E-state index contributed by atoms with van der Waals surface area (Å²) in [7, 11) is 2.07. The van der Waals surface area contributed by atoms with Crippen LogP contribution < -0.4 is 0 Å². The molecule has 10 heteroatoms. The van der Waals surface area contributed by atoms with E-state index in [0.717, 1.165) is 48.8 Å². The van der Waals surface area contributed by atoms with Crippen LogP contribution in [0.4, 0.5) is 13.2 Å². The summed E-state index contributed by atoms with van der Waals surface area (Å²) < 4.78 is 69.3. The highest BCUT2D eigenvalue weighted by Gasteiger charge is 2.64. The van der Waals surface area contributed by atoms with Crippen molar-refractivity contribution in [3.8, 4) is 0 Å². The fourth-order valence-electron chi connectivity index (χ4n) is 4.93. The summed E-state index contributed by atoms with van der Waals surface area (Å²) >= 11 is 0. The Bertz CT molecular complexity index is 1250. The van der Waals surface area contributed by atoms with Gasteiger partial charge in [0.2, 0.25) is 0 Å². The summed E-state index contributed by atoms with van der Waals surface area (Å²) in [6.45, 7) is 1.81. The second-order valence-electron chi connectivity index (χ2n) is 10.2. The second-order valence-corrected chi connectivity index (χ2v) is 10.2. The molecule has 0 saturated heterocycles. The fraction of sp³-hybridized carbons (Fsp3) is 0.438. The molecule has 3 atom stereocenters. The van der Waals surface area contributed by atoms with Crippen molar-refractivity contribution in [2.75, 3.05) is 14.2 Å². The first-order valence-corrected chi connectivity index (χ1v) is 13.8. The monoisotopic (exact) mass is 590 g/mol. The van der Waals surface area contributed by atoms with Crippen molar-refractivity contribution in [2.24, 2.45) is 5.92 Å². The third-order valence-corrected chi connectivity index (χ3v) is 7.17. The molecule has 0 fully saturated rings. The maximum Gasteiger partial charge on any atom is 0.432 e. The molecular formula is C32H37F3O7. The van der Waals surface area contributed by atoms with Gasteiger partial charge in [0.05, 0.1) is 38.1 Å². The lowest BCUT2D eigenvalue weighted by Gasteiger charge is -2.34. The van der Waals surface area contributed by atoms with Gasteiger partial charge in [-0.05, 0) is 74.8 Å². The van der Waals surface area contributed by atoms with Crippen molar-refractivity contribution in [2.45, 2.75) is 69.8 Å². The number of benzene rings is 1. The topological polar surface area (TPSA) is 88.1 Å². The van der Waals surface area contributed by atoms with Gasteiger partial charge in [-0.25, -0.2) is 4.79 Å². The molecule has 0 saturated carbocycles. The van der Waals surface area contributed by atoms with Gasteiger partial charge in [0.15, 0.2) is 0 Å². The molecule has 0 aliphatic carbocycles. The van der Waals surface area contributed by atoms with Gasteiger partial charge in [-0.1, -0.05) is 35.9 Å². The average Bonchev–Trinajstić information content (AvgIpc) is 3.67. The number of halogens is 3. The summed E-state index contributed by atoms with van der Waals surface area (Å²) in [6, 6.07) is 10.3. The summed E-state index contributed by atoms with van der Waals surface area (Å²) in [4.78, 5) is 26.2. The number of furan rings is 2. The third kappa shape index (κ3) is 8.61. The number of alkyl halides is 3. The van der Waals surface area contributed by atoms with Crippen LogP contribution >= 0.6 is 0 Å². The van der Waals surface area contributed by atoms with E-state index in [4.69, 9.17) is 23.0 Å². The average molecular weight is 591 g/mol. The molecule has 0 N–H and O–H groups in total. The molecule has 2 aromatic heterocycles. The summed E-state index contributed by atoms with van der Waals surface area (Å²) in [5, 5.41) is 0. The van der Waals surface area contributed by atoms with Gasteiger partial charge in [-0.3, -0.25) is 4.79 Å². The Morgan fingerprint density at radius 1 is 0.929 bits per heavy atom. The first-order valence-electron chi connectivity index (χ1n) is 13.8. The summed E-state index contributed by atoms with van der Waals surface area (Å²) in [5.41, 5.74) is -0.986. The van der Waals surface area contributed by atoms with Crippen LogP contribution in [0.15, 0.2) is 88.0 Å². The zero-order chi connectivity index (χ0) is 30.6. The molecule has 0 bridgehead atoms. The Hall–Kier alpha value is -3.79. The minimum Gasteiger partial charge on any atom is -0.472 e. The van der Waals surface area contributed by atoms with E-state index >= 15 is 0 Å². The molecule has 42 heavy (non-hydrogen) atoms. The zero-order valence-corrected chi connectivity index (χ0v) is 24.0. The van der Waals surface area contributed by atoms with Crippen LogP contribution in [0.1, 0.15) is 55.7 Å². The lowest BCUT2D eigenvalue weighted by atomic mass is 9.91. The minimum atomic E-state index is -5.12. The van der Waals surface area contributed by atoms with Gasteiger partial charge in [0, 0.05) is 19.1 Å². The van der Waals surface area contributed by atoms with Crippen LogP contribution in [-0.2, 0) is 42.2 Å². The predicted octanol–water partition coefficient (Wildman–Crippen LogP) is 7.36. The Morgan fingerprint density at radius 3 is 2.07 bits per heavy atom.